The van der Waals surface area contributed by atoms with Crippen LogP contribution in [0.25, 0.3) is 0 Å². The highest BCUT2D eigenvalue weighted by molar-refractivity contribution is 7.09. The SMILES string of the molecule is CCNC(=NCC1(OC)CCOCC1)N(C)Cc1csc(C)n1. The molecule has 0 amide bonds. The molecule has 1 aliphatic rings. The van der Waals surface area contributed by atoms with E-state index in [0.29, 0.717) is 6.54 Å². The first-order valence-corrected chi connectivity index (χ1v) is 9.00. The minimum Gasteiger partial charge on any atom is -0.381 e. The fourth-order valence-corrected chi connectivity index (χ4v) is 3.26. The van der Waals surface area contributed by atoms with Crippen LogP contribution in [0.3, 0.4) is 0 Å². The molecule has 0 spiro atoms. The van der Waals surface area contributed by atoms with Crippen molar-refractivity contribution in [3.63, 3.8) is 0 Å². The van der Waals surface area contributed by atoms with Crippen LogP contribution in [0, 0.1) is 6.92 Å². The topological polar surface area (TPSA) is 59.0 Å². The van der Waals surface area contributed by atoms with Gasteiger partial charge in [-0.2, -0.15) is 0 Å². The summed E-state index contributed by atoms with van der Waals surface area (Å²) in [6.07, 6.45) is 1.78. The molecule has 0 aromatic carbocycles. The molecule has 1 fully saturated rings. The molecule has 0 bridgehead atoms. The van der Waals surface area contributed by atoms with Crippen molar-refractivity contribution in [1.29, 1.82) is 0 Å². The number of nitrogens with one attached hydrogen (secondary N) is 1. The standard InChI is InChI=1S/C16H28N4O2S/c1-5-17-15(20(3)10-14-11-23-13(2)19-14)18-12-16(21-4)6-8-22-9-7-16/h11H,5-10,12H2,1-4H3,(H,17,18). The maximum atomic E-state index is 5.76. The van der Waals surface area contributed by atoms with Crippen molar-refractivity contribution < 1.29 is 9.47 Å². The fraction of sp³-hybridized carbons (Fsp3) is 0.750. The van der Waals surface area contributed by atoms with Gasteiger partial charge in [-0.15, -0.1) is 11.3 Å². The van der Waals surface area contributed by atoms with Crippen LogP contribution in [0.2, 0.25) is 0 Å². The van der Waals surface area contributed by atoms with Gasteiger partial charge in [-0.05, 0) is 13.8 Å². The number of aryl methyl sites for hydroxylation is 1. The van der Waals surface area contributed by atoms with E-state index in [1.54, 1.807) is 18.4 Å². The Bertz CT molecular complexity index is 512. The molecule has 1 aromatic rings. The Morgan fingerprint density at radius 3 is 2.83 bits per heavy atom. The molecule has 23 heavy (non-hydrogen) atoms. The molecule has 1 aliphatic heterocycles. The van der Waals surface area contributed by atoms with E-state index >= 15 is 0 Å². The summed E-state index contributed by atoms with van der Waals surface area (Å²) in [6, 6.07) is 0. The molecular formula is C16H28N4O2S. The van der Waals surface area contributed by atoms with Crippen molar-refractivity contribution in [2.75, 3.05) is 40.5 Å². The van der Waals surface area contributed by atoms with Gasteiger partial charge in [-0.3, -0.25) is 4.99 Å². The Morgan fingerprint density at radius 1 is 1.52 bits per heavy atom. The van der Waals surface area contributed by atoms with Crippen molar-refractivity contribution in [1.82, 2.24) is 15.2 Å². The molecule has 1 saturated heterocycles. The Labute approximate surface area is 142 Å². The number of aliphatic imine (C=N–C) groups is 1. The molecule has 0 radical (unpaired) electrons. The third-order valence-corrected chi connectivity index (χ3v) is 4.94. The van der Waals surface area contributed by atoms with Gasteiger partial charge in [0.2, 0.25) is 0 Å². The zero-order chi connectivity index (χ0) is 16.7. The molecule has 0 atom stereocenters. The average molecular weight is 340 g/mol. The van der Waals surface area contributed by atoms with Crippen LogP contribution >= 0.6 is 11.3 Å². The Hall–Kier alpha value is -1.18. The monoisotopic (exact) mass is 340 g/mol. The molecule has 0 unspecified atom stereocenters. The van der Waals surface area contributed by atoms with E-state index in [2.05, 4.69) is 27.5 Å². The van der Waals surface area contributed by atoms with E-state index in [0.717, 1.165) is 55.8 Å². The molecular weight excluding hydrogens is 312 g/mol. The van der Waals surface area contributed by atoms with E-state index in [9.17, 15) is 0 Å². The molecule has 0 aliphatic carbocycles. The van der Waals surface area contributed by atoms with Crippen LogP contribution in [0.4, 0.5) is 0 Å². The van der Waals surface area contributed by atoms with Crippen LogP contribution in [0.15, 0.2) is 10.4 Å². The summed E-state index contributed by atoms with van der Waals surface area (Å²) in [5, 5.41) is 6.55. The predicted molar refractivity (Wildman–Crippen MR) is 94.1 cm³/mol. The van der Waals surface area contributed by atoms with Crippen LogP contribution < -0.4 is 5.32 Å². The van der Waals surface area contributed by atoms with Gasteiger partial charge >= 0.3 is 0 Å². The lowest BCUT2D eigenvalue weighted by atomic mass is 9.94. The number of hydrogen-bond donors (Lipinski definition) is 1. The van der Waals surface area contributed by atoms with E-state index in [4.69, 9.17) is 14.5 Å². The van der Waals surface area contributed by atoms with Gasteiger partial charge in [0.25, 0.3) is 0 Å². The second-order valence-electron chi connectivity index (χ2n) is 5.88. The fourth-order valence-electron chi connectivity index (χ4n) is 2.66. The molecule has 7 heteroatoms. The number of thiazole rings is 1. The first-order valence-electron chi connectivity index (χ1n) is 8.12. The van der Waals surface area contributed by atoms with Crippen LogP contribution in [-0.4, -0.2) is 61.9 Å². The van der Waals surface area contributed by atoms with Crippen LogP contribution in [0.1, 0.15) is 30.5 Å². The molecule has 6 nitrogen and oxygen atoms in total. The number of nitrogens with zero attached hydrogens (tertiary/aromatic N) is 3. The lowest BCUT2D eigenvalue weighted by Gasteiger charge is -2.35. The Balaban J connectivity index is 2.03. The smallest absolute Gasteiger partial charge is 0.194 e. The minimum absolute atomic E-state index is 0.197. The molecule has 130 valence electrons. The normalized spacial score (nSPS) is 18.0. The maximum Gasteiger partial charge on any atom is 0.194 e. The lowest BCUT2D eigenvalue weighted by Crippen LogP contribution is -2.44. The van der Waals surface area contributed by atoms with Gasteiger partial charge in [0, 0.05) is 52.1 Å². The molecule has 0 saturated carbocycles. The summed E-state index contributed by atoms with van der Waals surface area (Å²) in [6.45, 7) is 7.83. The summed E-state index contributed by atoms with van der Waals surface area (Å²) in [7, 11) is 3.81. The van der Waals surface area contributed by atoms with Gasteiger partial charge in [-0.1, -0.05) is 0 Å². The molecule has 1 aromatic heterocycles. The number of aromatic nitrogens is 1. The first kappa shape index (κ1) is 18.2. The summed E-state index contributed by atoms with van der Waals surface area (Å²) in [5.74, 6) is 0.890. The number of guanidine groups is 1. The number of hydrogen-bond acceptors (Lipinski definition) is 5. The summed E-state index contributed by atoms with van der Waals surface area (Å²) in [5.41, 5.74) is 0.880. The van der Waals surface area contributed by atoms with Crippen molar-refractivity contribution in [3.8, 4) is 0 Å². The molecule has 1 N–H and O–H groups in total. The summed E-state index contributed by atoms with van der Waals surface area (Å²) < 4.78 is 11.2. The van der Waals surface area contributed by atoms with Crippen LogP contribution in [-0.2, 0) is 16.0 Å². The second kappa shape index (κ2) is 8.61. The number of methoxy groups -OCH3 is 1. The third kappa shape index (κ3) is 5.16. The zero-order valence-corrected chi connectivity index (χ0v) is 15.4. The highest BCUT2D eigenvalue weighted by Gasteiger charge is 2.32. The van der Waals surface area contributed by atoms with Gasteiger partial charge in [0.05, 0.1) is 29.4 Å². The third-order valence-electron chi connectivity index (χ3n) is 4.12. The summed E-state index contributed by atoms with van der Waals surface area (Å²) in [4.78, 5) is 11.4. The van der Waals surface area contributed by atoms with E-state index in [1.165, 1.54) is 0 Å². The van der Waals surface area contributed by atoms with Crippen molar-refractivity contribution in [2.24, 2.45) is 4.99 Å². The van der Waals surface area contributed by atoms with Gasteiger partial charge in [-0.25, -0.2) is 4.98 Å². The van der Waals surface area contributed by atoms with Gasteiger partial charge < -0.3 is 19.7 Å². The number of ether oxygens (including phenoxy) is 2. The van der Waals surface area contributed by atoms with Crippen LogP contribution in [0.5, 0.6) is 0 Å². The van der Waals surface area contributed by atoms with E-state index in [1.807, 2.05) is 14.0 Å². The van der Waals surface area contributed by atoms with E-state index in [-0.39, 0.29) is 5.60 Å². The van der Waals surface area contributed by atoms with Crippen molar-refractivity contribution >= 4 is 17.3 Å². The second-order valence-corrected chi connectivity index (χ2v) is 6.95. The Kier molecular flexibility index (Phi) is 6.80. The maximum absolute atomic E-state index is 5.76. The average Bonchev–Trinajstić information content (AvgIpc) is 2.97. The quantitative estimate of drug-likeness (QED) is 0.634. The highest BCUT2D eigenvalue weighted by atomic mass is 32.1. The number of rotatable bonds is 6. The van der Waals surface area contributed by atoms with E-state index < -0.39 is 0 Å². The minimum atomic E-state index is -0.197. The van der Waals surface area contributed by atoms with Gasteiger partial charge in [0.15, 0.2) is 5.96 Å². The highest BCUT2D eigenvalue weighted by Crippen LogP contribution is 2.24. The lowest BCUT2D eigenvalue weighted by molar-refractivity contribution is -0.0829. The zero-order valence-electron chi connectivity index (χ0n) is 14.6. The van der Waals surface area contributed by atoms with Gasteiger partial charge in [0.1, 0.15) is 0 Å². The Morgan fingerprint density at radius 2 is 2.26 bits per heavy atom. The predicted octanol–water partition coefficient (Wildman–Crippen LogP) is 2.04. The molecule has 2 heterocycles. The van der Waals surface area contributed by atoms with Crippen molar-refractivity contribution in [2.45, 2.75) is 38.8 Å². The van der Waals surface area contributed by atoms with Crippen molar-refractivity contribution in [3.05, 3.63) is 16.1 Å². The first-order chi connectivity index (χ1) is 11.1. The largest absolute Gasteiger partial charge is 0.381 e. The molecule has 2 rings (SSSR count). The summed E-state index contributed by atoms with van der Waals surface area (Å²) >= 11 is 1.68.